The van der Waals surface area contributed by atoms with Gasteiger partial charge in [-0.15, -0.1) is 0 Å². The van der Waals surface area contributed by atoms with Crippen molar-refractivity contribution in [1.29, 1.82) is 0 Å². The van der Waals surface area contributed by atoms with E-state index < -0.39 is 7.59 Å². The van der Waals surface area contributed by atoms with Gasteiger partial charge in [-0.3, -0.25) is 15.6 Å². The SMILES string of the molecule is NP(N)(=O)NS. The lowest BCUT2D eigenvalue weighted by molar-refractivity contribution is 0.575. The lowest BCUT2D eigenvalue weighted by Crippen LogP contribution is -2.13. The van der Waals surface area contributed by atoms with Gasteiger partial charge in [0.25, 0.3) is 7.59 Å². The maximum atomic E-state index is 9.95. The van der Waals surface area contributed by atoms with Gasteiger partial charge >= 0.3 is 0 Å². The van der Waals surface area contributed by atoms with Crippen LogP contribution in [0.25, 0.3) is 0 Å². The van der Waals surface area contributed by atoms with Gasteiger partial charge in [0, 0.05) is 0 Å². The van der Waals surface area contributed by atoms with Crippen LogP contribution in [-0.2, 0) is 4.57 Å². The second kappa shape index (κ2) is 1.95. The Bertz CT molecular complexity index is 74.9. The standard InChI is InChI=1S/H6N3OPS/c1-5(2,4)3-6/h6H,(H5,1,2,3,4). The average molecular weight is 127 g/mol. The summed E-state index contributed by atoms with van der Waals surface area (Å²) in [6.07, 6.45) is 0. The van der Waals surface area contributed by atoms with Crippen LogP contribution in [0.3, 0.4) is 0 Å². The Labute approximate surface area is 41.4 Å². The Morgan fingerprint density at radius 2 is 1.83 bits per heavy atom. The summed E-state index contributed by atoms with van der Waals surface area (Å²) in [5.41, 5.74) is 9.36. The molecule has 6 heavy (non-hydrogen) atoms. The quantitative estimate of drug-likeness (QED) is 0.281. The summed E-state index contributed by atoms with van der Waals surface area (Å²) in [5.74, 6) is 0. The second-order valence-electron chi connectivity index (χ2n) is 0.809. The van der Waals surface area contributed by atoms with Crippen molar-refractivity contribution >= 4 is 20.4 Å². The Morgan fingerprint density at radius 3 is 1.83 bits per heavy atom. The minimum absolute atomic E-state index is 1.91. The zero-order valence-electron chi connectivity index (χ0n) is 2.96. The maximum Gasteiger partial charge on any atom is 0.283 e. The molecule has 0 aromatic heterocycles. The zero-order valence-corrected chi connectivity index (χ0v) is 4.75. The third-order valence-corrected chi connectivity index (χ3v) is 1.41. The van der Waals surface area contributed by atoms with E-state index in [0.717, 1.165) is 0 Å². The van der Waals surface area contributed by atoms with E-state index in [0.29, 0.717) is 0 Å². The normalized spacial score (nSPS) is 11.8. The van der Waals surface area contributed by atoms with E-state index >= 15 is 0 Å². The number of nitrogens with two attached hydrogens (primary N) is 2. The number of hydrogen-bond acceptors (Lipinski definition) is 2. The van der Waals surface area contributed by atoms with Crippen LogP contribution in [0.2, 0.25) is 0 Å². The van der Waals surface area contributed by atoms with E-state index in [1.807, 2.05) is 4.49 Å². The molecule has 0 atom stereocenters. The number of thiol groups is 1. The fraction of sp³-hybridized carbons (Fsp3) is 0. The van der Waals surface area contributed by atoms with Crippen molar-refractivity contribution in [2.24, 2.45) is 11.0 Å². The first-order chi connectivity index (χ1) is 2.56. The van der Waals surface area contributed by atoms with Crippen LogP contribution >= 0.6 is 20.4 Å². The van der Waals surface area contributed by atoms with E-state index in [2.05, 4.69) is 23.8 Å². The molecular weight excluding hydrogens is 121 g/mol. The topological polar surface area (TPSA) is 81.1 Å². The summed E-state index contributed by atoms with van der Waals surface area (Å²) in [6, 6.07) is 0. The molecule has 5 N–H and O–H groups in total. The highest BCUT2D eigenvalue weighted by molar-refractivity contribution is 7.86. The van der Waals surface area contributed by atoms with E-state index in [-0.39, 0.29) is 0 Å². The molecule has 0 aliphatic heterocycles. The molecule has 0 heterocycles. The summed E-state index contributed by atoms with van der Waals surface area (Å²) in [7, 11) is -3.03. The van der Waals surface area contributed by atoms with Crippen molar-refractivity contribution in [1.82, 2.24) is 4.49 Å². The highest BCUT2D eigenvalue weighted by Crippen LogP contribution is 2.16. The van der Waals surface area contributed by atoms with Gasteiger partial charge in [0.05, 0.1) is 0 Å². The van der Waals surface area contributed by atoms with Gasteiger partial charge in [-0.25, -0.2) is 0 Å². The number of nitrogens with one attached hydrogen (secondary N) is 1. The van der Waals surface area contributed by atoms with Crippen LogP contribution in [0.1, 0.15) is 0 Å². The van der Waals surface area contributed by atoms with Gasteiger partial charge in [0.1, 0.15) is 0 Å². The molecule has 0 bridgehead atoms. The predicted molar refractivity (Wildman–Crippen MR) is 28.1 cm³/mol. The molecule has 38 valence electrons. The molecule has 0 aromatic carbocycles. The fourth-order valence-electron chi connectivity index (χ4n) is 0. The second-order valence-corrected chi connectivity index (χ2v) is 3.03. The Hall–Kier alpha value is 0.460. The molecule has 0 radical (unpaired) electrons. The molecule has 0 spiro atoms. The molecule has 0 amide bonds. The Balaban J connectivity index is 3.48. The number of rotatable bonds is 1. The van der Waals surface area contributed by atoms with Gasteiger partial charge in [-0.2, -0.15) is 4.49 Å². The minimum atomic E-state index is -3.03. The van der Waals surface area contributed by atoms with Crippen LogP contribution in [0.4, 0.5) is 0 Å². The molecule has 0 aliphatic rings. The lowest BCUT2D eigenvalue weighted by atomic mass is 13.8. The first-order valence-electron chi connectivity index (χ1n) is 1.15. The average Bonchev–Trinajstić information content (AvgIpc) is 1.35. The zero-order chi connectivity index (χ0) is 5.21. The van der Waals surface area contributed by atoms with Crippen molar-refractivity contribution in [2.45, 2.75) is 0 Å². The molecule has 0 rings (SSSR count). The summed E-state index contributed by atoms with van der Waals surface area (Å²) in [4.78, 5) is 0. The van der Waals surface area contributed by atoms with Gasteiger partial charge in [-0.1, -0.05) is 12.8 Å². The molecule has 4 nitrogen and oxygen atoms in total. The van der Waals surface area contributed by atoms with Crippen LogP contribution in [0.15, 0.2) is 0 Å². The molecule has 0 saturated carbocycles. The van der Waals surface area contributed by atoms with Crippen molar-refractivity contribution in [3.8, 4) is 0 Å². The van der Waals surface area contributed by atoms with Crippen molar-refractivity contribution in [3.63, 3.8) is 0 Å². The Morgan fingerprint density at radius 1 is 1.67 bits per heavy atom. The smallest absolute Gasteiger partial charge is 0.271 e. The van der Waals surface area contributed by atoms with Crippen LogP contribution in [0, 0.1) is 0 Å². The monoisotopic (exact) mass is 127 g/mol. The van der Waals surface area contributed by atoms with Gasteiger partial charge < -0.3 is 0 Å². The van der Waals surface area contributed by atoms with Gasteiger partial charge in [-0.05, 0) is 0 Å². The molecule has 0 aliphatic carbocycles. The summed E-state index contributed by atoms with van der Waals surface area (Å²) >= 11 is 3.34. The summed E-state index contributed by atoms with van der Waals surface area (Å²) in [5, 5.41) is 0. The first kappa shape index (κ1) is 6.46. The van der Waals surface area contributed by atoms with Crippen LogP contribution < -0.4 is 15.5 Å². The predicted octanol–water partition coefficient (Wildman–Crippen LogP) is -0.554. The number of hydrogen-bond donors (Lipinski definition) is 4. The highest BCUT2D eigenvalue weighted by Gasteiger charge is 1.99. The third-order valence-electron chi connectivity index (χ3n) is 0.156. The largest absolute Gasteiger partial charge is 0.283 e. The summed E-state index contributed by atoms with van der Waals surface area (Å²) < 4.78 is 11.9. The molecule has 0 saturated heterocycles. The lowest BCUT2D eigenvalue weighted by Gasteiger charge is -1.97. The minimum Gasteiger partial charge on any atom is -0.271 e. The maximum absolute atomic E-state index is 9.95. The van der Waals surface area contributed by atoms with Gasteiger partial charge in [0.15, 0.2) is 0 Å². The van der Waals surface area contributed by atoms with E-state index in [9.17, 15) is 4.57 Å². The van der Waals surface area contributed by atoms with E-state index in [1.165, 1.54) is 0 Å². The van der Waals surface area contributed by atoms with E-state index in [1.54, 1.807) is 0 Å². The molecule has 0 aromatic rings. The van der Waals surface area contributed by atoms with Crippen molar-refractivity contribution in [3.05, 3.63) is 0 Å². The third kappa shape index (κ3) is 4.46. The van der Waals surface area contributed by atoms with Crippen molar-refractivity contribution < 1.29 is 4.57 Å². The van der Waals surface area contributed by atoms with E-state index in [4.69, 9.17) is 0 Å². The fourth-order valence-corrected chi connectivity index (χ4v) is 0. The van der Waals surface area contributed by atoms with Crippen molar-refractivity contribution in [2.75, 3.05) is 0 Å². The molecular formula is H6N3OPS. The first-order valence-corrected chi connectivity index (χ1v) is 3.44. The molecule has 6 heteroatoms. The van der Waals surface area contributed by atoms with Crippen LogP contribution in [0.5, 0.6) is 0 Å². The van der Waals surface area contributed by atoms with Crippen LogP contribution in [-0.4, -0.2) is 0 Å². The molecule has 0 unspecified atom stereocenters. The Kier molecular flexibility index (Phi) is 2.10. The molecule has 0 fully saturated rings. The van der Waals surface area contributed by atoms with Gasteiger partial charge in [0.2, 0.25) is 0 Å². The summed E-state index contributed by atoms with van der Waals surface area (Å²) in [6.45, 7) is 0. The highest BCUT2D eigenvalue weighted by atomic mass is 32.1.